The molecule has 0 unspecified atom stereocenters. The molecular formula is C8H19NO2S. The molecule has 0 aliphatic rings. The molecule has 0 saturated heterocycles. The minimum absolute atomic E-state index is 0.102. The Morgan fingerprint density at radius 3 is 1.58 bits per heavy atom. The maximum absolute atomic E-state index is 7.21. The fourth-order valence-electron chi connectivity index (χ4n) is 0.842. The van der Waals surface area contributed by atoms with Crippen LogP contribution in [0.1, 0.15) is 27.7 Å². The zero-order valence-corrected chi connectivity index (χ0v) is 9.27. The monoisotopic (exact) mass is 193 g/mol. The Labute approximate surface area is 76.7 Å². The quantitative estimate of drug-likeness (QED) is 0.539. The van der Waals surface area contributed by atoms with Gasteiger partial charge in [0.2, 0.25) is 0 Å². The average molecular weight is 193 g/mol. The Hall–Kier alpha value is -0.0600. The summed E-state index contributed by atoms with van der Waals surface area (Å²) in [7, 11) is -1.73. The van der Waals surface area contributed by atoms with Gasteiger partial charge in [0.15, 0.2) is 0 Å². The summed E-state index contributed by atoms with van der Waals surface area (Å²) in [5.41, 5.74) is 1.27. The second kappa shape index (κ2) is 4.84. The summed E-state index contributed by atoms with van der Waals surface area (Å²) in [4.78, 5) is 0. The van der Waals surface area contributed by atoms with Crippen LogP contribution in [0.4, 0.5) is 0 Å². The molecule has 12 heavy (non-hydrogen) atoms. The summed E-state index contributed by atoms with van der Waals surface area (Å²) in [6.45, 7) is 7.77. The first-order valence-electron chi connectivity index (χ1n) is 4.05. The highest BCUT2D eigenvalue weighted by Crippen LogP contribution is 2.45. The molecule has 0 heterocycles. The molecule has 0 saturated carbocycles. The van der Waals surface area contributed by atoms with E-state index in [1.54, 1.807) is 0 Å². The predicted octanol–water partition coefficient (Wildman–Crippen LogP) is 2.71. The first-order valence-corrected chi connectivity index (χ1v) is 6.00. The van der Waals surface area contributed by atoms with E-state index in [1.807, 2.05) is 34.0 Å². The lowest BCUT2D eigenvalue weighted by molar-refractivity contribution is 0.194. The number of hydrogen-bond acceptors (Lipinski definition) is 3. The van der Waals surface area contributed by atoms with Crippen molar-refractivity contribution in [2.75, 3.05) is 6.26 Å². The molecule has 0 spiro atoms. The van der Waals surface area contributed by atoms with E-state index in [0.29, 0.717) is 0 Å². The molecular weight excluding hydrogens is 174 g/mol. The summed E-state index contributed by atoms with van der Waals surface area (Å²) in [5, 5.41) is 7.21. The van der Waals surface area contributed by atoms with E-state index in [9.17, 15) is 0 Å². The molecule has 74 valence electrons. The third kappa shape index (κ3) is 4.74. The Balaban J connectivity index is 4.14. The molecule has 0 aromatic rings. The maximum atomic E-state index is 7.21. The van der Waals surface area contributed by atoms with Crippen LogP contribution < -0.4 is 0 Å². The second-order valence-electron chi connectivity index (χ2n) is 3.24. The molecule has 0 radical (unpaired) electrons. The van der Waals surface area contributed by atoms with Gasteiger partial charge in [-0.25, -0.2) is 0 Å². The minimum atomic E-state index is -1.73. The topological polar surface area (TPSA) is 42.3 Å². The van der Waals surface area contributed by atoms with Crippen molar-refractivity contribution in [1.29, 1.82) is 5.41 Å². The van der Waals surface area contributed by atoms with Gasteiger partial charge in [0.1, 0.15) is 5.55 Å². The van der Waals surface area contributed by atoms with Crippen LogP contribution in [-0.4, -0.2) is 24.0 Å². The van der Waals surface area contributed by atoms with Crippen LogP contribution in [0.3, 0.4) is 0 Å². The number of rotatable bonds is 5. The van der Waals surface area contributed by atoms with E-state index in [4.69, 9.17) is 13.8 Å². The van der Waals surface area contributed by atoms with E-state index in [2.05, 4.69) is 0 Å². The SMILES string of the molecule is CC(C)OS(C)(C=N)OC(C)C. The van der Waals surface area contributed by atoms with Gasteiger partial charge in [-0.05, 0) is 27.7 Å². The van der Waals surface area contributed by atoms with Crippen LogP contribution in [0.2, 0.25) is 0 Å². The highest BCUT2D eigenvalue weighted by atomic mass is 32.3. The normalized spacial score (nSPS) is 13.9. The maximum Gasteiger partial charge on any atom is 0.102 e. The highest BCUT2D eigenvalue weighted by molar-refractivity contribution is 8.36. The van der Waals surface area contributed by atoms with E-state index >= 15 is 0 Å². The molecule has 0 bridgehead atoms. The Morgan fingerprint density at radius 1 is 1.08 bits per heavy atom. The molecule has 0 fully saturated rings. The summed E-state index contributed by atoms with van der Waals surface area (Å²) in [6.07, 6.45) is 2.04. The Kier molecular flexibility index (Phi) is 4.82. The van der Waals surface area contributed by atoms with Crippen molar-refractivity contribution < 1.29 is 8.37 Å². The average Bonchev–Trinajstić information content (AvgIpc) is 1.83. The fraction of sp³-hybridized carbons (Fsp3) is 0.875. The van der Waals surface area contributed by atoms with Gasteiger partial charge >= 0.3 is 0 Å². The third-order valence-electron chi connectivity index (χ3n) is 0.981. The van der Waals surface area contributed by atoms with Gasteiger partial charge < -0.3 is 0 Å². The van der Waals surface area contributed by atoms with E-state index in [-0.39, 0.29) is 12.2 Å². The third-order valence-corrected chi connectivity index (χ3v) is 2.94. The van der Waals surface area contributed by atoms with Gasteiger partial charge in [-0.1, -0.05) is 0 Å². The van der Waals surface area contributed by atoms with Crippen LogP contribution in [0, 0.1) is 5.41 Å². The molecule has 3 nitrogen and oxygen atoms in total. The standard InChI is InChI=1S/C8H19NO2S/c1-7(2)10-12(5,6-9)11-8(3)4/h6-9H,1-5H3. The van der Waals surface area contributed by atoms with E-state index in [1.165, 1.54) is 5.55 Å². The number of hydrogen-bond donors (Lipinski definition) is 1. The van der Waals surface area contributed by atoms with Gasteiger partial charge in [0, 0.05) is 6.26 Å². The van der Waals surface area contributed by atoms with E-state index < -0.39 is 10.6 Å². The van der Waals surface area contributed by atoms with Crippen LogP contribution in [0.25, 0.3) is 0 Å². The second-order valence-corrected chi connectivity index (χ2v) is 5.52. The highest BCUT2D eigenvalue weighted by Gasteiger charge is 2.15. The van der Waals surface area contributed by atoms with Crippen molar-refractivity contribution in [2.24, 2.45) is 0 Å². The van der Waals surface area contributed by atoms with Gasteiger partial charge in [-0.2, -0.15) is 10.6 Å². The van der Waals surface area contributed by atoms with Crippen LogP contribution in [-0.2, 0) is 8.37 Å². The van der Waals surface area contributed by atoms with Crippen molar-refractivity contribution in [3.8, 4) is 0 Å². The van der Waals surface area contributed by atoms with Gasteiger partial charge in [-0.3, -0.25) is 13.8 Å². The summed E-state index contributed by atoms with van der Waals surface area (Å²) >= 11 is 0. The lowest BCUT2D eigenvalue weighted by Gasteiger charge is -2.37. The Bertz CT molecular complexity index is 138. The molecule has 0 aromatic carbocycles. The first kappa shape index (κ1) is 11.9. The lowest BCUT2D eigenvalue weighted by Crippen LogP contribution is -2.16. The van der Waals surface area contributed by atoms with E-state index in [0.717, 1.165) is 0 Å². The molecule has 0 aromatic heterocycles. The first-order chi connectivity index (χ1) is 5.39. The molecule has 0 rings (SSSR count). The largest absolute Gasteiger partial charge is 0.292 e. The van der Waals surface area contributed by atoms with Crippen molar-refractivity contribution in [3.05, 3.63) is 0 Å². The predicted molar refractivity (Wildman–Crippen MR) is 54.7 cm³/mol. The molecule has 1 N–H and O–H groups in total. The molecule has 0 atom stereocenters. The summed E-state index contributed by atoms with van der Waals surface area (Å²) in [5.74, 6) is 0. The molecule has 0 amide bonds. The summed E-state index contributed by atoms with van der Waals surface area (Å²) < 4.78 is 11.0. The van der Waals surface area contributed by atoms with Crippen LogP contribution in [0.15, 0.2) is 0 Å². The Morgan fingerprint density at radius 2 is 1.42 bits per heavy atom. The smallest absolute Gasteiger partial charge is 0.102 e. The summed E-state index contributed by atoms with van der Waals surface area (Å²) in [6, 6.07) is 0. The minimum Gasteiger partial charge on any atom is -0.292 e. The molecule has 0 aliphatic carbocycles. The van der Waals surface area contributed by atoms with Crippen LogP contribution in [0.5, 0.6) is 0 Å². The molecule has 4 heteroatoms. The van der Waals surface area contributed by atoms with Gasteiger partial charge in [-0.15, -0.1) is 0 Å². The van der Waals surface area contributed by atoms with Crippen LogP contribution >= 0.6 is 10.6 Å². The van der Waals surface area contributed by atoms with Gasteiger partial charge in [0.05, 0.1) is 12.2 Å². The van der Waals surface area contributed by atoms with Gasteiger partial charge in [0.25, 0.3) is 0 Å². The molecule has 0 aliphatic heterocycles. The van der Waals surface area contributed by atoms with Crippen molar-refractivity contribution >= 4 is 16.1 Å². The van der Waals surface area contributed by atoms with Crippen molar-refractivity contribution in [2.45, 2.75) is 39.9 Å². The zero-order valence-electron chi connectivity index (χ0n) is 8.46. The van der Waals surface area contributed by atoms with Crippen molar-refractivity contribution in [1.82, 2.24) is 0 Å². The fourth-order valence-corrected chi connectivity index (χ4v) is 2.53. The zero-order chi connectivity index (χ0) is 9.78. The van der Waals surface area contributed by atoms with Crippen molar-refractivity contribution in [3.63, 3.8) is 0 Å². The lowest BCUT2D eigenvalue weighted by atomic mass is 10.5. The number of nitrogens with one attached hydrogen (secondary N) is 1.